The van der Waals surface area contributed by atoms with Crippen molar-refractivity contribution in [2.45, 2.75) is 18.9 Å². The number of para-hydroxylation sites is 1. The lowest BCUT2D eigenvalue weighted by Crippen LogP contribution is -2.40. The molecular formula is C18H19N5. The van der Waals surface area contributed by atoms with Gasteiger partial charge in [0.2, 0.25) is 5.95 Å². The lowest BCUT2D eigenvalue weighted by atomic mass is 10.1. The van der Waals surface area contributed by atoms with Crippen LogP contribution in [0.15, 0.2) is 48.8 Å². The molecule has 3 heterocycles. The highest BCUT2D eigenvalue weighted by atomic mass is 15.3. The molecule has 1 aliphatic rings. The van der Waals surface area contributed by atoms with Crippen molar-refractivity contribution in [2.24, 2.45) is 5.73 Å². The first-order valence-electron chi connectivity index (χ1n) is 7.98. The van der Waals surface area contributed by atoms with Gasteiger partial charge in [-0.15, -0.1) is 0 Å². The molecule has 0 aliphatic carbocycles. The second kappa shape index (κ2) is 5.93. The summed E-state index contributed by atoms with van der Waals surface area (Å²) in [4.78, 5) is 15.9. The van der Waals surface area contributed by atoms with Gasteiger partial charge < -0.3 is 10.6 Å². The number of hydrogen-bond donors (Lipinski definition) is 1. The molecule has 0 amide bonds. The van der Waals surface area contributed by atoms with E-state index < -0.39 is 0 Å². The van der Waals surface area contributed by atoms with Crippen LogP contribution in [0.5, 0.6) is 0 Å². The molecule has 1 saturated heterocycles. The number of aromatic nitrogens is 3. The van der Waals surface area contributed by atoms with Crippen molar-refractivity contribution >= 4 is 16.9 Å². The minimum Gasteiger partial charge on any atom is -0.341 e. The molecule has 1 fully saturated rings. The van der Waals surface area contributed by atoms with Gasteiger partial charge in [0.15, 0.2) is 0 Å². The smallest absolute Gasteiger partial charge is 0.225 e. The Morgan fingerprint density at radius 3 is 2.74 bits per heavy atom. The molecule has 5 nitrogen and oxygen atoms in total. The van der Waals surface area contributed by atoms with Crippen LogP contribution < -0.4 is 10.6 Å². The summed E-state index contributed by atoms with van der Waals surface area (Å²) in [5.74, 6) is 0.780. The average Bonchev–Trinajstić information content (AvgIpc) is 2.62. The summed E-state index contributed by atoms with van der Waals surface area (Å²) in [6.07, 6.45) is 5.68. The Balaban J connectivity index is 1.67. The molecule has 2 aromatic heterocycles. The quantitative estimate of drug-likeness (QED) is 0.788. The lowest BCUT2D eigenvalue weighted by Gasteiger charge is -2.30. The SMILES string of the molecule is NC1CCN(c2nccc(-c3cnc4ccccc4c3)n2)CC1. The Kier molecular flexibility index (Phi) is 3.63. The molecule has 116 valence electrons. The fourth-order valence-electron chi connectivity index (χ4n) is 2.97. The Hall–Kier alpha value is -2.53. The number of hydrogen-bond acceptors (Lipinski definition) is 5. The van der Waals surface area contributed by atoms with Gasteiger partial charge >= 0.3 is 0 Å². The molecule has 3 aromatic rings. The maximum atomic E-state index is 5.97. The van der Waals surface area contributed by atoms with E-state index in [1.54, 1.807) is 0 Å². The van der Waals surface area contributed by atoms with Crippen molar-refractivity contribution in [3.63, 3.8) is 0 Å². The summed E-state index contributed by atoms with van der Waals surface area (Å²) in [7, 11) is 0. The highest BCUT2D eigenvalue weighted by Gasteiger charge is 2.18. The summed E-state index contributed by atoms with van der Waals surface area (Å²) in [6, 6.07) is 12.5. The standard InChI is InChI=1S/C18H19N5/c19-15-6-9-23(10-7-15)18-20-8-5-17(22-18)14-11-13-3-1-2-4-16(13)21-12-14/h1-5,8,11-12,15H,6-7,9-10,19H2. The second-order valence-electron chi connectivity index (χ2n) is 5.98. The first-order chi connectivity index (χ1) is 11.3. The van der Waals surface area contributed by atoms with Gasteiger partial charge in [-0.3, -0.25) is 4.98 Å². The van der Waals surface area contributed by atoms with Gasteiger partial charge in [-0.2, -0.15) is 0 Å². The molecule has 0 radical (unpaired) electrons. The Morgan fingerprint density at radius 1 is 1.04 bits per heavy atom. The first kappa shape index (κ1) is 14.1. The van der Waals surface area contributed by atoms with Crippen LogP contribution in [0.3, 0.4) is 0 Å². The van der Waals surface area contributed by atoms with Gasteiger partial charge in [0.1, 0.15) is 0 Å². The fraction of sp³-hybridized carbons (Fsp3) is 0.278. The van der Waals surface area contributed by atoms with E-state index in [4.69, 9.17) is 10.7 Å². The summed E-state index contributed by atoms with van der Waals surface area (Å²) in [6.45, 7) is 1.83. The van der Waals surface area contributed by atoms with Crippen molar-refractivity contribution < 1.29 is 0 Å². The molecule has 5 heteroatoms. The number of pyridine rings is 1. The van der Waals surface area contributed by atoms with E-state index in [0.29, 0.717) is 6.04 Å². The molecule has 1 aliphatic heterocycles. The predicted molar refractivity (Wildman–Crippen MR) is 92.2 cm³/mol. The number of piperidine rings is 1. The van der Waals surface area contributed by atoms with Gasteiger partial charge in [0.25, 0.3) is 0 Å². The van der Waals surface area contributed by atoms with Crippen LogP contribution in [0.4, 0.5) is 5.95 Å². The van der Waals surface area contributed by atoms with Crippen LogP contribution in [-0.4, -0.2) is 34.1 Å². The number of fused-ring (bicyclic) bond motifs is 1. The van der Waals surface area contributed by atoms with Gasteiger partial charge in [-0.05, 0) is 31.0 Å². The van der Waals surface area contributed by atoms with Crippen LogP contribution >= 0.6 is 0 Å². The third-order valence-electron chi connectivity index (χ3n) is 4.35. The van der Waals surface area contributed by atoms with Crippen LogP contribution in [-0.2, 0) is 0 Å². The lowest BCUT2D eigenvalue weighted by molar-refractivity contribution is 0.495. The van der Waals surface area contributed by atoms with Crippen LogP contribution in [0, 0.1) is 0 Å². The normalized spacial score (nSPS) is 16.0. The van der Waals surface area contributed by atoms with Gasteiger partial charge in [-0.1, -0.05) is 18.2 Å². The molecule has 0 saturated carbocycles. The molecule has 23 heavy (non-hydrogen) atoms. The Morgan fingerprint density at radius 2 is 1.87 bits per heavy atom. The van der Waals surface area contributed by atoms with E-state index in [-0.39, 0.29) is 0 Å². The summed E-state index contributed by atoms with van der Waals surface area (Å²) >= 11 is 0. The van der Waals surface area contributed by atoms with E-state index >= 15 is 0 Å². The van der Waals surface area contributed by atoms with Crippen molar-refractivity contribution in [1.29, 1.82) is 0 Å². The summed E-state index contributed by atoms with van der Waals surface area (Å²) in [5.41, 5.74) is 8.89. The van der Waals surface area contributed by atoms with E-state index in [2.05, 4.69) is 27.0 Å². The summed E-state index contributed by atoms with van der Waals surface area (Å²) in [5, 5.41) is 1.12. The van der Waals surface area contributed by atoms with Gasteiger partial charge in [0, 0.05) is 42.5 Å². The van der Waals surface area contributed by atoms with E-state index in [0.717, 1.165) is 54.0 Å². The Labute approximate surface area is 135 Å². The Bertz CT molecular complexity index is 824. The maximum Gasteiger partial charge on any atom is 0.225 e. The van der Waals surface area contributed by atoms with E-state index in [9.17, 15) is 0 Å². The minimum atomic E-state index is 0.305. The van der Waals surface area contributed by atoms with Crippen molar-refractivity contribution in [1.82, 2.24) is 15.0 Å². The maximum absolute atomic E-state index is 5.97. The topological polar surface area (TPSA) is 67.9 Å². The third-order valence-corrected chi connectivity index (χ3v) is 4.35. The highest BCUT2D eigenvalue weighted by Crippen LogP contribution is 2.23. The van der Waals surface area contributed by atoms with E-state index in [1.165, 1.54) is 0 Å². The molecule has 0 unspecified atom stereocenters. The molecule has 0 spiro atoms. The average molecular weight is 305 g/mol. The molecule has 0 bridgehead atoms. The van der Waals surface area contributed by atoms with Gasteiger partial charge in [0.05, 0.1) is 11.2 Å². The van der Waals surface area contributed by atoms with Crippen molar-refractivity contribution in [3.05, 3.63) is 48.8 Å². The highest BCUT2D eigenvalue weighted by molar-refractivity contribution is 5.82. The minimum absolute atomic E-state index is 0.305. The van der Waals surface area contributed by atoms with Crippen molar-refractivity contribution in [2.75, 3.05) is 18.0 Å². The third kappa shape index (κ3) is 2.87. The van der Waals surface area contributed by atoms with Crippen LogP contribution in [0.25, 0.3) is 22.2 Å². The second-order valence-corrected chi connectivity index (χ2v) is 5.98. The number of nitrogens with zero attached hydrogens (tertiary/aromatic N) is 4. The monoisotopic (exact) mass is 305 g/mol. The zero-order valence-electron chi connectivity index (χ0n) is 12.9. The molecule has 2 N–H and O–H groups in total. The summed E-state index contributed by atoms with van der Waals surface area (Å²) < 4.78 is 0. The van der Waals surface area contributed by atoms with Crippen molar-refractivity contribution in [3.8, 4) is 11.3 Å². The molecule has 1 aromatic carbocycles. The zero-order valence-corrected chi connectivity index (χ0v) is 12.9. The molecular weight excluding hydrogens is 286 g/mol. The fourth-order valence-corrected chi connectivity index (χ4v) is 2.97. The van der Waals surface area contributed by atoms with E-state index in [1.807, 2.05) is 36.7 Å². The predicted octanol–water partition coefficient (Wildman–Crippen LogP) is 2.62. The number of anilines is 1. The van der Waals surface area contributed by atoms with Crippen LogP contribution in [0.2, 0.25) is 0 Å². The largest absolute Gasteiger partial charge is 0.341 e. The molecule has 4 rings (SSSR count). The number of benzene rings is 1. The first-order valence-corrected chi connectivity index (χ1v) is 7.98. The van der Waals surface area contributed by atoms with Gasteiger partial charge in [-0.25, -0.2) is 9.97 Å². The number of nitrogens with two attached hydrogens (primary N) is 1. The zero-order chi connectivity index (χ0) is 15.6. The van der Waals surface area contributed by atoms with Crippen LogP contribution in [0.1, 0.15) is 12.8 Å². The number of rotatable bonds is 2. The molecule has 0 atom stereocenters.